The maximum Gasteiger partial charge on any atom is 0.221 e. The van der Waals surface area contributed by atoms with E-state index in [1.165, 1.54) is 0 Å². The van der Waals surface area contributed by atoms with E-state index in [0.29, 0.717) is 12.8 Å². The maximum absolute atomic E-state index is 12.1. The second kappa shape index (κ2) is 8.73. The van der Waals surface area contributed by atoms with Gasteiger partial charge in [-0.3, -0.25) is 9.59 Å². The maximum atomic E-state index is 12.1. The van der Waals surface area contributed by atoms with E-state index in [1.54, 1.807) is 34.7 Å². The molecule has 0 atom stereocenters. The normalized spacial score (nSPS) is 12.0. The predicted molar refractivity (Wildman–Crippen MR) is 98.5 cm³/mol. The molecule has 0 spiro atoms. The van der Waals surface area contributed by atoms with Gasteiger partial charge in [-0.25, -0.2) is 4.98 Å². The SMILES string of the molecule is CC(=O)C(C)(C)CC(C)(C)NC(=O)CCSSc1ccccn1. The molecule has 1 N–H and O–H groups in total. The smallest absolute Gasteiger partial charge is 0.221 e. The number of nitrogens with one attached hydrogen (secondary N) is 1. The monoisotopic (exact) mass is 354 g/mol. The third kappa shape index (κ3) is 7.88. The first kappa shape index (κ1) is 20.0. The number of hydrogen-bond acceptors (Lipinski definition) is 5. The first-order valence-corrected chi connectivity index (χ1v) is 9.97. The van der Waals surface area contributed by atoms with Gasteiger partial charge >= 0.3 is 0 Å². The quantitative estimate of drug-likeness (QED) is 0.534. The topological polar surface area (TPSA) is 59.1 Å². The van der Waals surface area contributed by atoms with Gasteiger partial charge in [0.05, 0.1) is 0 Å². The molecule has 1 aromatic heterocycles. The van der Waals surface area contributed by atoms with Gasteiger partial charge in [0.25, 0.3) is 0 Å². The highest BCUT2D eigenvalue weighted by Gasteiger charge is 2.33. The van der Waals surface area contributed by atoms with E-state index < -0.39 is 11.0 Å². The fourth-order valence-corrected chi connectivity index (χ4v) is 4.22. The number of amides is 1. The van der Waals surface area contributed by atoms with Crippen molar-refractivity contribution < 1.29 is 9.59 Å². The summed E-state index contributed by atoms with van der Waals surface area (Å²) >= 11 is 0. The number of carbonyl (C=O) groups excluding carboxylic acids is 2. The van der Waals surface area contributed by atoms with Gasteiger partial charge in [-0.15, -0.1) is 0 Å². The molecule has 1 rings (SSSR count). The average Bonchev–Trinajstić information content (AvgIpc) is 2.42. The van der Waals surface area contributed by atoms with Crippen molar-refractivity contribution in [3.05, 3.63) is 24.4 Å². The minimum atomic E-state index is -0.430. The van der Waals surface area contributed by atoms with E-state index in [9.17, 15) is 9.59 Å². The Morgan fingerprint density at radius 2 is 1.91 bits per heavy atom. The third-order valence-corrected chi connectivity index (χ3v) is 5.78. The van der Waals surface area contributed by atoms with Gasteiger partial charge in [-0.2, -0.15) is 0 Å². The molecule has 0 fully saturated rings. The lowest BCUT2D eigenvalue weighted by Gasteiger charge is -2.34. The minimum absolute atomic E-state index is 0.0171. The summed E-state index contributed by atoms with van der Waals surface area (Å²) in [5.41, 5.74) is -0.828. The van der Waals surface area contributed by atoms with Crippen LogP contribution in [-0.2, 0) is 9.59 Å². The minimum Gasteiger partial charge on any atom is -0.351 e. The van der Waals surface area contributed by atoms with Crippen LogP contribution in [0.5, 0.6) is 0 Å². The standard InChI is InChI=1S/C17H26N2O2S2/c1-13(20)16(2,3)12-17(4,5)19-14(21)9-11-22-23-15-8-6-7-10-18-15/h6-8,10H,9,11-12H2,1-5H3,(H,19,21). The largest absolute Gasteiger partial charge is 0.351 e. The summed E-state index contributed by atoms with van der Waals surface area (Å²) in [7, 11) is 3.19. The highest BCUT2D eigenvalue weighted by molar-refractivity contribution is 8.76. The Hall–Kier alpha value is -1.01. The number of Topliss-reactive ketones (excluding diaryl/α,β-unsaturated/α-hetero) is 1. The summed E-state index contributed by atoms with van der Waals surface area (Å²) < 4.78 is 0. The number of rotatable bonds is 9. The molecule has 6 heteroatoms. The van der Waals surface area contributed by atoms with Crippen LogP contribution in [0.3, 0.4) is 0 Å². The summed E-state index contributed by atoms with van der Waals surface area (Å²) in [6.07, 6.45) is 2.83. The zero-order valence-electron chi connectivity index (χ0n) is 14.5. The van der Waals surface area contributed by atoms with Crippen LogP contribution >= 0.6 is 21.6 Å². The van der Waals surface area contributed by atoms with Crippen molar-refractivity contribution in [1.82, 2.24) is 10.3 Å². The van der Waals surface area contributed by atoms with E-state index in [-0.39, 0.29) is 11.7 Å². The number of aromatic nitrogens is 1. The Labute approximate surface area is 147 Å². The van der Waals surface area contributed by atoms with E-state index >= 15 is 0 Å². The van der Waals surface area contributed by atoms with Crippen LogP contribution in [0.2, 0.25) is 0 Å². The summed E-state index contributed by atoms with van der Waals surface area (Å²) in [4.78, 5) is 28.0. The molecule has 4 nitrogen and oxygen atoms in total. The molecular weight excluding hydrogens is 328 g/mol. The predicted octanol–water partition coefficient (Wildman–Crippen LogP) is 4.11. The lowest BCUT2D eigenvalue weighted by molar-refractivity contribution is -0.128. The van der Waals surface area contributed by atoms with Gasteiger partial charge < -0.3 is 5.32 Å². The van der Waals surface area contributed by atoms with E-state index in [2.05, 4.69) is 10.3 Å². The van der Waals surface area contributed by atoms with Gasteiger partial charge in [-0.1, -0.05) is 30.7 Å². The molecule has 0 radical (unpaired) electrons. The van der Waals surface area contributed by atoms with Crippen molar-refractivity contribution in [3.8, 4) is 0 Å². The molecular formula is C17H26N2O2S2. The molecule has 0 saturated heterocycles. The molecule has 0 aliphatic heterocycles. The average molecular weight is 355 g/mol. The van der Waals surface area contributed by atoms with Gasteiger partial charge in [-0.05, 0) is 50.1 Å². The number of pyridine rings is 1. The molecule has 0 saturated carbocycles. The van der Waals surface area contributed by atoms with Crippen molar-refractivity contribution >= 4 is 33.3 Å². The van der Waals surface area contributed by atoms with Crippen LogP contribution in [0, 0.1) is 5.41 Å². The van der Waals surface area contributed by atoms with E-state index in [4.69, 9.17) is 0 Å². The van der Waals surface area contributed by atoms with Gasteiger partial charge in [0.2, 0.25) is 5.91 Å². The second-order valence-electron chi connectivity index (χ2n) is 6.87. The van der Waals surface area contributed by atoms with E-state index in [1.807, 2.05) is 45.9 Å². The summed E-state index contributed by atoms with van der Waals surface area (Å²) in [6.45, 7) is 9.37. The van der Waals surface area contributed by atoms with Crippen LogP contribution in [0.1, 0.15) is 47.5 Å². The van der Waals surface area contributed by atoms with Crippen molar-refractivity contribution in [2.24, 2.45) is 5.41 Å². The van der Waals surface area contributed by atoms with Crippen molar-refractivity contribution in [2.45, 2.75) is 58.0 Å². The molecule has 0 bridgehead atoms. The zero-order chi connectivity index (χ0) is 17.5. The van der Waals surface area contributed by atoms with Crippen LogP contribution in [0.4, 0.5) is 0 Å². The Bertz CT molecular complexity index is 531. The van der Waals surface area contributed by atoms with Gasteiger partial charge in [0.15, 0.2) is 0 Å². The van der Waals surface area contributed by atoms with Crippen LogP contribution < -0.4 is 5.32 Å². The molecule has 128 valence electrons. The Morgan fingerprint density at radius 3 is 2.48 bits per heavy atom. The highest BCUT2D eigenvalue weighted by atomic mass is 33.1. The number of carbonyl (C=O) groups is 2. The first-order chi connectivity index (χ1) is 10.6. The number of nitrogens with zero attached hydrogens (tertiary/aromatic N) is 1. The Morgan fingerprint density at radius 1 is 1.22 bits per heavy atom. The molecule has 23 heavy (non-hydrogen) atoms. The van der Waals surface area contributed by atoms with Crippen molar-refractivity contribution in [1.29, 1.82) is 0 Å². The lowest BCUT2D eigenvalue weighted by atomic mass is 9.77. The molecule has 0 aliphatic carbocycles. The fraction of sp³-hybridized carbons (Fsp3) is 0.588. The van der Waals surface area contributed by atoms with Crippen LogP contribution in [-0.4, -0.2) is 28.0 Å². The van der Waals surface area contributed by atoms with Gasteiger partial charge in [0.1, 0.15) is 10.8 Å². The molecule has 1 aromatic rings. The molecule has 0 unspecified atom stereocenters. The zero-order valence-corrected chi connectivity index (χ0v) is 16.1. The summed E-state index contributed by atoms with van der Waals surface area (Å²) in [6, 6.07) is 5.78. The molecule has 1 heterocycles. The fourth-order valence-electron chi connectivity index (χ4n) is 2.35. The molecule has 0 aromatic carbocycles. The van der Waals surface area contributed by atoms with Crippen molar-refractivity contribution in [3.63, 3.8) is 0 Å². The van der Waals surface area contributed by atoms with Gasteiger partial charge in [0, 0.05) is 29.3 Å². The Balaban J connectivity index is 2.33. The second-order valence-corrected chi connectivity index (χ2v) is 9.31. The van der Waals surface area contributed by atoms with E-state index in [0.717, 1.165) is 10.8 Å². The first-order valence-electron chi connectivity index (χ1n) is 7.65. The number of hydrogen-bond donors (Lipinski definition) is 1. The highest BCUT2D eigenvalue weighted by Crippen LogP contribution is 2.30. The van der Waals surface area contributed by atoms with Crippen LogP contribution in [0.15, 0.2) is 29.4 Å². The third-order valence-electron chi connectivity index (χ3n) is 3.51. The summed E-state index contributed by atoms with van der Waals surface area (Å²) in [5.74, 6) is 0.879. The lowest BCUT2D eigenvalue weighted by Crippen LogP contribution is -2.47. The number of ketones is 1. The van der Waals surface area contributed by atoms with Crippen LogP contribution in [0.25, 0.3) is 0 Å². The Kier molecular flexibility index (Phi) is 7.61. The summed E-state index contributed by atoms with van der Waals surface area (Å²) in [5, 5.41) is 3.98. The molecule has 0 aliphatic rings. The molecule has 1 amide bonds. The van der Waals surface area contributed by atoms with Crippen molar-refractivity contribution in [2.75, 3.05) is 5.75 Å².